The van der Waals surface area contributed by atoms with E-state index in [1.54, 1.807) is 37.9 Å². The van der Waals surface area contributed by atoms with Gasteiger partial charge < -0.3 is 15.8 Å². The first kappa shape index (κ1) is 22.8. The monoisotopic (exact) mass is 454 g/mol. The molecule has 0 amide bonds. The highest BCUT2D eigenvalue weighted by Crippen LogP contribution is 2.23. The number of anilines is 2. The first-order valence-electron chi connectivity index (χ1n) is 10.8. The summed E-state index contributed by atoms with van der Waals surface area (Å²) in [5.41, 5.74) is 10.9. The van der Waals surface area contributed by atoms with Crippen LogP contribution in [0.5, 0.6) is 5.88 Å². The van der Waals surface area contributed by atoms with E-state index in [0.29, 0.717) is 40.2 Å². The summed E-state index contributed by atoms with van der Waals surface area (Å²) in [4.78, 5) is 17.6. The Balaban J connectivity index is 1.62. The zero-order valence-electron chi connectivity index (χ0n) is 19.3. The highest BCUT2D eigenvalue weighted by Gasteiger charge is 2.10. The first-order valence-corrected chi connectivity index (χ1v) is 10.8. The standard InChI is InChI=1S/C25H26N8O/c1-16(2)17-11-24(33-30-13-17)32-23-8-7-21-22(31-23)10-18(12-29-21)19(14-27-3)20(26)15-34-25-6-4-5-9-28-25/h4-14,16H,15,26H2,1-3H3,(H,31,32,33). The molecule has 0 fully saturated rings. The van der Waals surface area contributed by atoms with Gasteiger partial charge in [0.25, 0.3) is 0 Å². The fraction of sp³-hybridized carbons (Fsp3) is 0.200. The van der Waals surface area contributed by atoms with E-state index in [4.69, 9.17) is 15.5 Å². The molecule has 0 spiro atoms. The zero-order valence-corrected chi connectivity index (χ0v) is 19.3. The number of pyridine rings is 3. The molecule has 0 bridgehead atoms. The smallest absolute Gasteiger partial charge is 0.213 e. The van der Waals surface area contributed by atoms with Crippen LogP contribution in [0.25, 0.3) is 16.6 Å². The minimum absolute atomic E-state index is 0.163. The number of nitrogens with one attached hydrogen (secondary N) is 1. The maximum atomic E-state index is 6.36. The van der Waals surface area contributed by atoms with Gasteiger partial charge in [-0.1, -0.05) is 19.9 Å². The Hall–Kier alpha value is -4.40. The number of allylic oxidation sites excluding steroid dienone is 1. The van der Waals surface area contributed by atoms with Gasteiger partial charge in [0, 0.05) is 42.9 Å². The van der Waals surface area contributed by atoms with Crippen molar-refractivity contribution in [1.29, 1.82) is 0 Å². The van der Waals surface area contributed by atoms with Crippen molar-refractivity contribution >= 4 is 34.5 Å². The van der Waals surface area contributed by atoms with Crippen LogP contribution in [0.1, 0.15) is 30.9 Å². The largest absolute Gasteiger partial charge is 0.471 e. The number of aliphatic imine (C=N–C) groups is 1. The highest BCUT2D eigenvalue weighted by atomic mass is 16.5. The van der Waals surface area contributed by atoms with Crippen LogP contribution in [0, 0.1) is 0 Å². The summed E-state index contributed by atoms with van der Waals surface area (Å²) >= 11 is 0. The lowest BCUT2D eigenvalue weighted by atomic mass is 10.1. The molecule has 4 aromatic rings. The van der Waals surface area contributed by atoms with E-state index in [9.17, 15) is 0 Å². The second kappa shape index (κ2) is 10.5. The number of nitrogens with zero attached hydrogens (tertiary/aromatic N) is 6. The molecule has 0 aliphatic carbocycles. The SMILES string of the molecule is CN=CC(=C(N)COc1ccccn1)c1cnc2ccc(Nc3cc(C(C)C)cnn3)nc2c1. The maximum Gasteiger partial charge on any atom is 0.213 e. The molecule has 0 aliphatic heterocycles. The third kappa shape index (κ3) is 5.50. The molecule has 0 aliphatic rings. The van der Waals surface area contributed by atoms with E-state index in [1.807, 2.05) is 36.4 Å². The molecule has 4 aromatic heterocycles. The van der Waals surface area contributed by atoms with Crippen LogP contribution in [0.3, 0.4) is 0 Å². The van der Waals surface area contributed by atoms with Crippen molar-refractivity contribution in [2.75, 3.05) is 19.0 Å². The molecule has 0 saturated heterocycles. The molecule has 0 saturated carbocycles. The third-order valence-electron chi connectivity index (χ3n) is 5.06. The predicted octanol–water partition coefficient (Wildman–Crippen LogP) is 4.13. The van der Waals surface area contributed by atoms with Gasteiger partial charge in [0.1, 0.15) is 12.4 Å². The molecule has 0 radical (unpaired) electrons. The number of hydrogen-bond acceptors (Lipinski definition) is 9. The Bertz CT molecular complexity index is 1340. The van der Waals surface area contributed by atoms with Crippen molar-refractivity contribution in [2.45, 2.75) is 19.8 Å². The van der Waals surface area contributed by atoms with Crippen molar-refractivity contribution in [3.8, 4) is 5.88 Å². The molecule has 9 nitrogen and oxygen atoms in total. The maximum absolute atomic E-state index is 6.36. The molecule has 3 N–H and O–H groups in total. The van der Waals surface area contributed by atoms with Crippen LogP contribution in [-0.4, -0.2) is 45.0 Å². The molecule has 172 valence electrons. The lowest BCUT2D eigenvalue weighted by molar-refractivity contribution is 0.337. The van der Waals surface area contributed by atoms with Crippen molar-refractivity contribution in [3.05, 3.63) is 77.9 Å². The van der Waals surface area contributed by atoms with Crippen LogP contribution in [-0.2, 0) is 0 Å². The van der Waals surface area contributed by atoms with Crippen molar-refractivity contribution < 1.29 is 4.74 Å². The fourth-order valence-corrected chi connectivity index (χ4v) is 3.25. The summed E-state index contributed by atoms with van der Waals surface area (Å²) in [6.07, 6.45) is 6.87. The quantitative estimate of drug-likeness (QED) is 0.381. The van der Waals surface area contributed by atoms with Gasteiger partial charge in [0.05, 0.1) is 22.9 Å². The first-order chi connectivity index (χ1) is 16.5. The summed E-state index contributed by atoms with van der Waals surface area (Å²) in [7, 11) is 1.69. The van der Waals surface area contributed by atoms with Gasteiger partial charge in [-0.25, -0.2) is 9.97 Å². The van der Waals surface area contributed by atoms with E-state index in [-0.39, 0.29) is 6.61 Å². The van der Waals surface area contributed by atoms with E-state index in [0.717, 1.165) is 16.6 Å². The number of nitrogens with two attached hydrogens (primary N) is 1. The molecule has 9 heteroatoms. The van der Waals surface area contributed by atoms with Gasteiger partial charge >= 0.3 is 0 Å². The van der Waals surface area contributed by atoms with Crippen molar-refractivity contribution in [1.82, 2.24) is 25.1 Å². The van der Waals surface area contributed by atoms with Crippen LogP contribution < -0.4 is 15.8 Å². The van der Waals surface area contributed by atoms with Crippen LogP contribution in [0.2, 0.25) is 0 Å². The van der Waals surface area contributed by atoms with Gasteiger partial charge in [0.2, 0.25) is 5.88 Å². The molecule has 0 aromatic carbocycles. The second-order valence-electron chi connectivity index (χ2n) is 7.90. The topological polar surface area (TPSA) is 124 Å². The molecule has 4 rings (SSSR count). The predicted molar refractivity (Wildman–Crippen MR) is 134 cm³/mol. The summed E-state index contributed by atoms with van der Waals surface area (Å²) < 4.78 is 5.70. The van der Waals surface area contributed by atoms with Gasteiger partial charge in [-0.3, -0.25) is 9.98 Å². The molecule has 0 atom stereocenters. The Morgan fingerprint density at radius 1 is 1.09 bits per heavy atom. The normalized spacial score (nSPS) is 12.2. The summed E-state index contributed by atoms with van der Waals surface area (Å²) in [5.74, 6) is 2.13. The average Bonchev–Trinajstić information content (AvgIpc) is 2.86. The second-order valence-corrected chi connectivity index (χ2v) is 7.90. The van der Waals surface area contributed by atoms with Gasteiger partial charge in [-0.05, 0) is 41.8 Å². The Labute approximate surface area is 197 Å². The highest BCUT2D eigenvalue weighted by molar-refractivity contribution is 6.11. The minimum Gasteiger partial charge on any atom is -0.471 e. The summed E-state index contributed by atoms with van der Waals surface area (Å²) in [5, 5.41) is 11.5. The van der Waals surface area contributed by atoms with Crippen molar-refractivity contribution in [3.63, 3.8) is 0 Å². The molecule has 34 heavy (non-hydrogen) atoms. The van der Waals surface area contributed by atoms with Crippen LogP contribution >= 0.6 is 0 Å². The van der Waals surface area contributed by atoms with E-state index in [2.05, 4.69) is 44.3 Å². The minimum atomic E-state index is 0.163. The number of fused-ring (bicyclic) bond motifs is 1. The van der Waals surface area contributed by atoms with Gasteiger partial charge in [0.15, 0.2) is 5.82 Å². The molecular weight excluding hydrogens is 428 g/mol. The summed E-state index contributed by atoms with van der Waals surface area (Å²) in [6, 6.07) is 13.1. The lowest BCUT2D eigenvalue weighted by Crippen LogP contribution is -2.13. The fourth-order valence-electron chi connectivity index (χ4n) is 3.25. The van der Waals surface area contributed by atoms with E-state index < -0.39 is 0 Å². The van der Waals surface area contributed by atoms with Gasteiger partial charge in [-0.15, -0.1) is 5.10 Å². The van der Waals surface area contributed by atoms with Gasteiger partial charge in [-0.2, -0.15) is 5.10 Å². The molecule has 4 heterocycles. The van der Waals surface area contributed by atoms with Crippen molar-refractivity contribution in [2.24, 2.45) is 10.7 Å². The Morgan fingerprint density at radius 2 is 1.97 bits per heavy atom. The number of aromatic nitrogens is 5. The number of rotatable bonds is 8. The third-order valence-corrected chi connectivity index (χ3v) is 5.06. The number of ether oxygens (including phenoxy) is 1. The van der Waals surface area contributed by atoms with Crippen LogP contribution in [0.15, 0.2) is 71.7 Å². The average molecular weight is 455 g/mol. The van der Waals surface area contributed by atoms with Crippen LogP contribution in [0.4, 0.5) is 11.6 Å². The molecule has 0 unspecified atom stereocenters. The van der Waals surface area contributed by atoms with E-state index >= 15 is 0 Å². The Kier molecular flexibility index (Phi) is 7.02. The Morgan fingerprint density at radius 3 is 2.74 bits per heavy atom. The zero-order chi connectivity index (χ0) is 23.9. The van der Waals surface area contributed by atoms with E-state index in [1.165, 1.54) is 0 Å². The molecular formula is C25H26N8O. The number of hydrogen-bond donors (Lipinski definition) is 2. The lowest BCUT2D eigenvalue weighted by Gasteiger charge is -2.11. The summed E-state index contributed by atoms with van der Waals surface area (Å²) in [6.45, 7) is 4.39.